The summed E-state index contributed by atoms with van der Waals surface area (Å²) in [5.41, 5.74) is 3.53. The highest BCUT2D eigenvalue weighted by Crippen LogP contribution is 2.36. The Morgan fingerprint density at radius 2 is 1.86 bits per heavy atom. The second kappa shape index (κ2) is 11.1. The first-order valence-electron chi connectivity index (χ1n) is 12.0. The van der Waals surface area contributed by atoms with Gasteiger partial charge in [0.05, 0.1) is 26.3 Å². The fraction of sp³-hybridized carbons (Fsp3) is 0.333. The molecule has 0 amide bonds. The molecule has 1 aromatic carbocycles. The minimum absolute atomic E-state index is 0.00138. The number of fused-ring (bicyclic) bond motifs is 1. The molecule has 1 N–H and O–H groups in total. The van der Waals surface area contributed by atoms with E-state index in [-0.39, 0.29) is 18.9 Å². The van der Waals surface area contributed by atoms with Crippen molar-refractivity contribution in [3.63, 3.8) is 0 Å². The van der Waals surface area contributed by atoms with Crippen molar-refractivity contribution in [1.29, 1.82) is 0 Å². The lowest BCUT2D eigenvalue weighted by Crippen LogP contribution is -2.22. The molecule has 3 heterocycles. The van der Waals surface area contributed by atoms with Crippen LogP contribution in [0.5, 0.6) is 11.5 Å². The molecule has 0 saturated heterocycles. The van der Waals surface area contributed by atoms with Gasteiger partial charge in [-0.05, 0) is 36.4 Å². The maximum absolute atomic E-state index is 11.7. The second-order valence-corrected chi connectivity index (χ2v) is 15.5. The molecule has 0 unspecified atom stereocenters. The molecule has 0 aliphatic heterocycles. The van der Waals surface area contributed by atoms with E-state index in [1.165, 1.54) is 13.2 Å². The van der Waals surface area contributed by atoms with Crippen LogP contribution in [-0.2, 0) is 27.4 Å². The highest BCUT2D eigenvalue weighted by Gasteiger charge is 2.20. The molecule has 0 aliphatic rings. The third-order valence-electron chi connectivity index (χ3n) is 5.92. The van der Waals surface area contributed by atoms with Crippen LogP contribution < -0.4 is 4.74 Å². The fourth-order valence-corrected chi connectivity index (χ4v) is 4.63. The highest BCUT2D eigenvalue weighted by atomic mass is 28.3. The number of carbonyl (C=O) groups is 1. The first kappa shape index (κ1) is 26.3. The number of nitrogens with zero attached hydrogens (tertiary/aromatic N) is 4. The number of methoxy groups -OCH3 is 2. The van der Waals surface area contributed by atoms with Gasteiger partial charge in [0.1, 0.15) is 29.6 Å². The van der Waals surface area contributed by atoms with Crippen LogP contribution in [0.1, 0.15) is 5.69 Å². The van der Waals surface area contributed by atoms with Crippen LogP contribution in [0.2, 0.25) is 25.7 Å². The number of aromatic hydroxyl groups is 1. The predicted octanol–water partition coefficient (Wildman–Crippen LogP) is 4.90. The zero-order valence-electron chi connectivity index (χ0n) is 21.8. The summed E-state index contributed by atoms with van der Waals surface area (Å²) >= 11 is 0. The Labute approximate surface area is 217 Å². The molecule has 37 heavy (non-hydrogen) atoms. The van der Waals surface area contributed by atoms with E-state index >= 15 is 0 Å². The summed E-state index contributed by atoms with van der Waals surface area (Å²) < 4.78 is 18.1. The van der Waals surface area contributed by atoms with Crippen LogP contribution in [0.25, 0.3) is 33.5 Å². The largest absolute Gasteiger partial charge is 0.506 e. The van der Waals surface area contributed by atoms with E-state index in [2.05, 4.69) is 29.6 Å². The topological polar surface area (TPSA) is 109 Å². The number of ether oxygens (including phenoxy) is 3. The maximum Gasteiger partial charge on any atom is 0.311 e. The maximum atomic E-state index is 11.7. The monoisotopic (exact) mass is 520 g/mol. The lowest BCUT2D eigenvalue weighted by molar-refractivity contribution is -0.139. The van der Waals surface area contributed by atoms with Crippen molar-refractivity contribution in [2.75, 3.05) is 20.8 Å². The molecule has 10 heteroatoms. The minimum atomic E-state index is -1.22. The summed E-state index contributed by atoms with van der Waals surface area (Å²) in [5, 5.41) is 16.2. The normalized spacial score (nSPS) is 11.6. The number of pyridine rings is 2. The number of benzene rings is 1. The summed E-state index contributed by atoms with van der Waals surface area (Å²) in [6, 6.07) is 13.7. The Balaban J connectivity index is 1.78. The third kappa shape index (κ3) is 6.15. The Hall–Kier alpha value is -3.76. The zero-order valence-corrected chi connectivity index (χ0v) is 22.8. The average molecular weight is 521 g/mol. The SMILES string of the molecule is COC(=O)Cc1ccc(O)c(-c2cnc3c(c2)c(-c2ccccc2OC)nn3COCC[Si](C)(C)C)n1. The smallest absolute Gasteiger partial charge is 0.311 e. The molecule has 0 radical (unpaired) electrons. The second-order valence-electron chi connectivity index (χ2n) is 9.91. The molecule has 0 saturated carbocycles. The van der Waals surface area contributed by atoms with Gasteiger partial charge in [-0.15, -0.1) is 0 Å². The number of esters is 1. The quantitative estimate of drug-likeness (QED) is 0.179. The molecule has 0 fully saturated rings. The summed E-state index contributed by atoms with van der Waals surface area (Å²) in [5.74, 6) is 0.252. The van der Waals surface area contributed by atoms with Gasteiger partial charge in [-0.25, -0.2) is 14.6 Å². The van der Waals surface area contributed by atoms with Crippen molar-refractivity contribution in [2.24, 2.45) is 0 Å². The van der Waals surface area contributed by atoms with Crippen LogP contribution in [0.3, 0.4) is 0 Å². The van der Waals surface area contributed by atoms with Gasteiger partial charge < -0.3 is 19.3 Å². The standard InChI is InChI=1S/C27H32N4O5Si/c1-34-23-9-7-6-8-20(23)26-21-14-18(25-22(32)11-10-19(29-25)15-24(33)35-2)16-28-27(21)31(30-26)17-36-12-13-37(3,4)5/h6-11,14,16,32H,12-13,15,17H2,1-5H3. The van der Waals surface area contributed by atoms with E-state index in [1.807, 2.05) is 30.3 Å². The average Bonchev–Trinajstić information content (AvgIpc) is 3.24. The molecule has 0 bridgehead atoms. The number of hydrogen-bond donors (Lipinski definition) is 1. The van der Waals surface area contributed by atoms with Crippen molar-refractivity contribution >= 4 is 25.1 Å². The van der Waals surface area contributed by atoms with Crippen LogP contribution in [0.4, 0.5) is 0 Å². The minimum Gasteiger partial charge on any atom is -0.506 e. The molecule has 0 atom stereocenters. The van der Waals surface area contributed by atoms with E-state index in [1.54, 1.807) is 24.1 Å². The zero-order chi connectivity index (χ0) is 26.6. The number of para-hydroxylation sites is 1. The van der Waals surface area contributed by atoms with Gasteiger partial charge in [-0.3, -0.25) is 4.79 Å². The third-order valence-corrected chi connectivity index (χ3v) is 7.62. The first-order chi connectivity index (χ1) is 17.7. The van der Waals surface area contributed by atoms with Gasteiger partial charge in [-0.2, -0.15) is 5.10 Å². The van der Waals surface area contributed by atoms with Gasteiger partial charge in [0.2, 0.25) is 0 Å². The number of aromatic nitrogens is 4. The Morgan fingerprint density at radius 1 is 1.08 bits per heavy atom. The van der Waals surface area contributed by atoms with Crippen molar-refractivity contribution in [2.45, 2.75) is 38.8 Å². The van der Waals surface area contributed by atoms with E-state index < -0.39 is 14.0 Å². The van der Waals surface area contributed by atoms with Crippen LogP contribution in [-0.4, -0.2) is 59.7 Å². The van der Waals surface area contributed by atoms with E-state index in [9.17, 15) is 9.90 Å². The highest BCUT2D eigenvalue weighted by molar-refractivity contribution is 6.76. The Kier molecular flexibility index (Phi) is 7.89. The Morgan fingerprint density at radius 3 is 2.59 bits per heavy atom. The van der Waals surface area contributed by atoms with E-state index in [0.29, 0.717) is 40.6 Å². The molecule has 3 aromatic heterocycles. The van der Waals surface area contributed by atoms with Crippen molar-refractivity contribution in [1.82, 2.24) is 19.7 Å². The molecule has 9 nitrogen and oxygen atoms in total. The van der Waals surface area contributed by atoms with Crippen molar-refractivity contribution < 1.29 is 24.1 Å². The van der Waals surface area contributed by atoms with Crippen LogP contribution in [0.15, 0.2) is 48.7 Å². The van der Waals surface area contributed by atoms with Gasteiger partial charge in [0.25, 0.3) is 0 Å². The molecule has 4 rings (SSSR count). The van der Waals surface area contributed by atoms with Gasteiger partial charge in [0.15, 0.2) is 5.65 Å². The van der Waals surface area contributed by atoms with E-state index in [0.717, 1.165) is 17.0 Å². The summed E-state index contributed by atoms with van der Waals surface area (Å²) in [6.45, 7) is 7.86. The lowest BCUT2D eigenvalue weighted by atomic mass is 10.1. The van der Waals surface area contributed by atoms with Gasteiger partial charge in [0, 0.05) is 37.4 Å². The summed E-state index contributed by atoms with van der Waals surface area (Å²) in [7, 11) is 1.72. The van der Waals surface area contributed by atoms with Crippen LogP contribution in [0, 0.1) is 0 Å². The number of carbonyl (C=O) groups excluding carboxylic acids is 1. The summed E-state index contributed by atoms with van der Waals surface area (Å²) in [4.78, 5) is 20.9. The number of rotatable bonds is 10. The molecule has 0 aliphatic carbocycles. The molecular weight excluding hydrogens is 488 g/mol. The molecule has 4 aromatic rings. The number of hydrogen-bond acceptors (Lipinski definition) is 8. The van der Waals surface area contributed by atoms with Crippen LogP contribution >= 0.6 is 0 Å². The van der Waals surface area contributed by atoms with Crippen molar-refractivity contribution in [3.05, 3.63) is 54.4 Å². The predicted molar refractivity (Wildman–Crippen MR) is 144 cm³/mol. The first-order valence-corrected chi connectivity index (χ1v) is 15.7. The van der Waals surface area contributed by atoms with E-state index in [4.69, 9.17) is 19.3 Å². The summed E-state index contributed by atoms with van der Waals surface area (Å²) in [6.07, 6.45) is 1.64. The molecular formula is C27H32N4O5Si. The van der Waals surface area contributed by atoms with Gasteiger partial charge >= 0.3 is 5.97 Å². The lowest BCUT2D eigenvalue weighted by Gasteiger charge is -2.15. The fourth-order valence-electron chi connectivity index (χ4n) is 3.87. The molecule has 0 spiro atoms. The van der Waals surface area contributed by atoms with Crippen molar-refractivity contribution in [3.8, 4) is 34.0 Å². The molecule has 194 valence electrons. The van der Waals surface area contributed by atoms with Gasteiger partial charge in [-0.1, -0.05) is 31.8 Å². The Bertz CT molecular complexity index is 1410.